The monoisotopic (exact) mass is 457 g/mol. The Bertz CT molecular complexity index is 1110. The second kappa shape index (κ2) is 9.32. The minimum Gasteiger partial charge on any atom is -0.479 e. The number of thioether (sulfide) groups is 1. The number of aromatic carboxylic acids is 1. The van der Waals surface area contributed by atoms with Crippen LogP contribution in [0.3, 0.4) is 0 Å². The van der Waals surface area contributed by atoms with Crippen molar-refractivity contribution in [2.24, 2.45) is 0 Å². The van der Waals surface area contributed by atoms with Gasteiger partial charge in [0.1, 0.15) is 5.75 Å². The van der Waals surface area contributed by atoms with Crippen LogP contribution in [0.4, 0.5) is 5.69 Å². The lowest BCUT2D eigenvalue weighted by Crippen LogP contribution is -2.28. The first-order valence-corrected chi connectivity index (χ1v) is 10.5. The topological polar surface area (TPSA) is 104 Å². The Labute approximate surface area is 188 Å². The summed E-state index contributed by atoms with van der Waals surface area (Å²) in [7, 11) is 0. The van der Waals surface area contributed by atoms with Crippen LogP contribution in [-0.4, -0.2) is 38.5 Å². The lowest BCUT2D eigenvalue weighted by molar-refractivity contribution is -0.145. The number of rotatable bonds is 7. The molecule has 1 heterocycles. The maximum atomic E-state index is 13.0. The predicted octanol–water partition coefficient (Wildman–Crippen LogP) is 4.34. The molecule has 160 valence electrons. The van der Waals surface area contributed by atoms with Gasteiger partial charge in [-0.3, -0.25) is 9.69 Å². The first kappa shape index (κ1) is 22.5. The number of hydrogen-bond donors (Lipinski definition) is 2. The predicted molar refractivity (Wildman–Crippen MR) is 123 cm³/mol. The van der Waals surface area contributed by atoms with Gasteiger partial charge in [0, 0.05) is 0 Å². The molecule has 2 N–H and O–H groups in total. The van der Waals surface area contributed by atoms with Crippen LogP contribution in [0.5, 0.6) is 5.75 Å². The van der Waals surface area contributed by atoms with E-state index in [1.165, 1.54) is 17.0 Å². The smallest absolute Gasteiger partial charge is 0.344 e. The van der Waals surface area contributed by atoms with E-state index in [1.807, 2.05) is 0 Å². The van der Waals surface area contributed by atoms with Crippen molar-refractivity contribution in [1.82, 2.24) is 0 Å². The van der Waals surface area contributed by atoms with E-state index >= 15 is 0 Å². The van der Waals surface area contributed by atoms with E-state index in [4.69, 9.17) is 22.1 Å². The molecule has 0 saturated carbocycles. The molecule has 3 rings (SSSR count). The third kappa shape index (κ3) is 4.95. The van der Waals surface area contributed by atoms with Gasteiger partial charge in [0.15, 0.2) is 10.4 Å². The number of nitrogens with zero attached hydrogens (tertiary/aromatic N) is 1. The highest BCUT2D eigenvalue weighted by atomic mass is 32.2. The van der Waals surface area contributed by atoms with Crippen LogP contribution in [0.15, 0.2) is 47.4 Å². The fourth-order valence-electron chi connectivity index (χ4n) is 2.96. The number of ether oxygens (including phenoxy) is 1. The average Bonchev–Trinajstić information content (AvgIpc) is 2.99. The Morgan fingerprint density at radius 3 is 2.61 bits per heavy atom. The van der Waals surface area contributed by atoms with Gasteiger partial charge < -0.3 is 14.9 Å². The number of benzene rings is 2. The Kier molecular flexibility index (Phi) is 6.77. The lowest BCUT2D eigenvalue weighted by Gasteiger charge is -2.17. The largest absolute Gasteiger partial charge is 0.479 e. The first-order valence-electron chi connectivity index (χ1n) is 9.32. The summed E-state index contributed by atoms with van der Waals surface area (Å²) in [6, 6.07) is 11.3. The number of carbonyl (C=O) groups is 3. The molecule has 1 aliphatic rings. The summed E-state index contributed by atoms with van der Waals surface area (Å²) >= 11 is 6.49. The zero-order valence-corrected chi connectivity index (χ0v) is 18.3. The van der Waals surface area contributed by atoms with Gasteiger partial charge in [0.2, 0.25) is 0 Å². The molecule has 7 nitrogen and oxygen atoms in total. The molecule has 0 spiro atoms. The van der Waals surface area contributed by atoms with E-state index < -0.39 is 18.0 Å². The Balaban J connectivity index is 1.89. The Morgan fingerprint density at radius 2 is 1.97 bits per heavy atom. The quantitative estimate of drug-likeness (QED) is 0.467. The highest BCUT2D eigenvalue weighted by Gasteiger charge is 2.34. The summed E-state index contributed by atoms with van der Waals surface area (Å²) in [6.07, 6.45) is 0.995. The molecule has 9 heteroatoms. The van der Waals surface area contributed by atoms with Crippen LogP contribution < -0.4 is 9.64 Å². The minimum absolute atomic E-state index is 0.0624. The number of aryl methyl sites for hydroxylation is 1. The molecular formula is C22H19NO6S2. The number of carboxylic acids is 2. The van der Waals surface area contributed by atoms with Crippen LogP contribution in [0, 0.1) is 6.92 Å². The number of anilines is 1. The van der Waals surface area contributed by atoms with Crippen LogP contribution in [-0.2, 0) is 9.59 Å². The lowest BCUT2D eigenvalue weighted by atomic mass is 10.1. The zero-order chi connectivity index (χ0) is 22.7. The molecule has 0 bridgehead atoms. The van der Waals surface area contributed by atoms with Crippen LogP contribution in [0.25, 0.3) is 6.08 Å². The number of carbonyl (C=O) groups excluding carboxylic acids is 1. The van der Waals surface area contributed by atoms with E-state index in [-0.39, 0.29) is 11.5 Å². The van der Waals surface area contributed by atoms with E-state index in [2.05, 4.69) is 0 Å². The van der Waals surface area contributed by atoms with Crippen LogP contribution in [0.1, 0.15) is 34.8 Å². The fourth-order valence-corrected chi connectivity index (χ4v) is 4.25. The van der Waals surface area contributed by atoms with E-state index in [9.17, 15) is 19.5 Å². The van der Waals surface area contributed by atoms with Gasteiger partial charge >= 0.3 is 11.9 Å². The first-order chi connectivity index (χ1) is 14.7. The SMILES string of the molecule is CCC(Oc1cccc(/C=C2\SC(=S)N(c3cc(C(=O)O)ccc3C)C2=O)c1)C(=O)O. The fraction of sp³-hybridized carbons (Fsp3) is 0.182. The highest BCUT2D eigenvalue weighted by molar-refractivity contribution is 8.27. The molecule has 0 aliphatic carbocycles. The Morgan fingerprint density at radius 1 is 1.23 bits per heavy atom. The molecule has 1 unspecified atom stereocenters. The number of hydrogen-bond acceptors (Lipinski definition) is 6. The summed E-state index contributed by atoms with van der Waals surface area (Å²) < 4.78 is 5.81. The number of aliphatic carboxylic acids is 1. The van der Waals surface area contributed by atoms with E-state index in [0.29, 0.717) is 32.6 Å². The standard InChI is InChI=1S/C22H19NO6S2/c1-3-17(21(27)28)29-15-6-4-5-13(9-15)10-18-19(24)23(22(30)31-18)16-11-14(20(25)26)8-7-12(16)2/h4-11,17H,3H2,1-2H3,(H,25,26)(H,27,28)/b18-10-. The van der Waals surface area contributed by atoms with Gasteiger partial charge in [-0.2, -0.15) is 0 Å². The van der Waals surface area contributed by atoms with Crippen molar-refractivity contribution < 1.29 is 29.3 Å². The molecule has 1 atom stereocenters. The molecule has 1 fully saturated rings. The molecule has 1 amide bonds. The second-order valence-electron chi connectivity index (χ2n) is 6.75. The summed E-state index contributed by atoms with van der Waals surface area (Å²) in [4.78, 5) is 37.3. The zero-order valence-electron chi connectivity index (χ0n) is 16.7. The van der Waals surface area contributed by atoms with Crippen molar-refractivity contribution in [2.75, 3.05) is 4.90 Å². The van der Waals surface area contributed by atoms with Gasteiger partial charge in [-0.1, -0.05) is 49.1 Å². The summed E-state index contributed by atoms with van der Waals surface area (Å²) in [5.74, 6) is -2.12. The summed E-state index contributed by atoms with van der Waals surface area (Å²) in [5, 5.41) is 18.4. The number of amides is 1. The summed E-state index contributed by atoms with van der Waals surface area (Å²) in [5.41, 5.74) is 1.86. The number of thiocarbonyl (C=S) groups is 1. The van der Waals surface area contributed by atoms with Gasteiger partial charge in [0.05, 0.1) is 16.2 Å². The molecular weight excluding hydrogens is 438 g/mol. The highest BCUT2D eigenvalue weighted by Crippen LogP contribution is 2.38. The van der Waals surface area contributed by atoms with Gasteiger partial charge in [-0.05, 0) is 54.8 Å². The molecule has 0 aromatic heterocycles. The Hall–Kier alpha value is -3.17. The summed E-state index contributed by atoms with van der Waals surface area (Å²) in [6.45, 7) is 3.49. The second-order valence-corrected chi connectivity index (χ2v) is 8.42. The molecule has 1 saturated heterocycles. The number of carboxylic acid groups (broad SMARTS) is 2. The minimum atomic E-state index is -1.09. The molecule has 31 heavy (non-hydrogen) atoms. The van der Waals surface area contributed by atoms with Crippen LogP contribution in [0.2, 0.25) is 0 Å². The average molecular weight is 458 g/mol. The third-order valence-corrected chi connectivity index (χ3v) is 5.87. The van der Waals surface area contributed by atoms with Crippen molar-refractivity contribution in [3.05, 3.63) is 64.1 Å². The molecule has 2 aromatic rings. The maximum absolute atomic E-state index is 13.0. The van der Waals surface area contributed by atoms with Crippen molar-refractivity contribution in [2.45, 2.75) is 26.4 Å². The maximum Gasteiger partial charge on any atom is 0.344 e. The van der Waals surface area contributed by atoms with Crippen molar-refractivity contribution in [1.29, 1.82) is 0 Å². The van der Waals surface area contributed by atoms with E-state index in [0.717, 1.165) is 17.3 Å². The van der Waals surface area contributed by atoms with Crippen molar-refractivity contribution in [3.63, 3.8) is 0 Å². The van der Waals surface area contributed by atoms with Gasteiger partial charge in [-0.25, -0.2) is 9.59 Å². The molecule has 0 radical (unpaired) electrons. The van der Waals surface area contributed by atoms with Crippen LogP contribution >= 0.6 is 24.0 Å². The molecule has 1 aliphatic heterocycles. The molecule has 2 aromatic carbocycles. The van der Waals surface area contributed by atoms with Gasteiger partial charge in [0.25, 0.3) is 5.91 Å². The van der Waals surface area contributed by atoms with Crippen molar-refractivity contribution >= 4 is 57.9 Å². The third-order valence-electron chi connectivity index (χ3n) is 4.57. The van der Waals surface area contributed by atoms with Crippen molar-refractivity contribution in [3.8, 4) is 5.75 Å². The normalized spacial score (nSPS) is 15.9. The van der Waals surface area contributed by atoms with Gasteiger partial charge in [-0.15, -0.1) is 0 Å². The van der Waals surface area contributed by atoms with E-state index in [1.54, 1.807) is 50.3 Å².